The predicted octanol–water partition coefficient (Wildman–Crippen LogP) is 2.93. The van der Waals surface area contributed by atoms with Crippen LogP contribution in [0.25, 0.3) is 0 Å². The molecule has 4 heteroatoms. The van der Waals surface area contributed by atoms with Crippen LogP contribution in [0.4, 0.5) is 0 Å². The molecule has 0 heterocycles. The number of halogens is 1. The Balaban J connectivity index is 2.53. The minimum absolute atomic E-state index is 0.0822. The zero-order chi connectivity index (χ0) is 12.5. The maximum Gasteiger partial charge on any atom is 0.161 e. The van der Waals surface area contributed by atoms with E-state index in [-0.39, 0.29) is 11.2 Å². The molecular formula is C13H18BrNO2. The minimum Gasteiger partial charge on any atom is -0.504 e. The highest BCUT2D eigenvalue weighted by Gasteiger charge is 2.37. The minimum atomic E-state index is -0.0822. The summed E-state index contributed by atoms with van der Waals surface area (Å²) >= 11 is 3.46. The van der Waals surface area contributed by atoms with Crippen LogP contribution in [0.15, 0.2) is 16.6 Å². The summed E-state index contributed by atoms with van der Waals surface area (Å²) < 4.78 is 6.11. The molecule has 1 aliphatic rings. The zero-order valence-electron chi connectivity index (χ0n) is 10.0. The van der Waals surface area contributed by atoms with Crippen LogP contribution in [0, 0.1) is 0 Å². The van der Waals surface area contributed by atoms with Gasteiger partial charge in [-0.2, -0.15) is 0 Å². The first-order chi connectivity index (χ1) is 8.13. The highest BCUT2D eigenvalue weighted by atomic mass is 79.9. The summed E-state index contributed by atoms with van der Waals surface area (Å²) in [6.45, 7) is 0.570. The van der Waals surface area contributed by atoms with Gasteiger partial charge >= 0.3 is 0 Å². The molecule has 0 spiro atoms. The second-order valence-corrected chi connectivity index (χ2v) is 5.61. The Bertz CT molecular complexity index is 414. The smallest absolute Gasteiger partial charge is 0.161 e. The first-order valence-electron chi connectivity index (χ1n) is 5.90. The third-order valence-corrected chi connectivity index (χ3v) is 4.24. The van der Waals surface area contributed by atoms with Gasteiger partial charge < -0.3 is 15.6 Å². The summed E-state index contributed by atoms with van der Waals surface area (Å²) in [6.07, 6.45) is 4.42. The van der Waals surface area contributed by atoms with Gasteiger partial charge in [-0.15, -0.1) is 0 Å². The van der Waals surface area contributed by atoms with E-state index in [1.807, 2.05) is 6.07 Å². The molecule has 1 fully saturated rings. The van der Waals surface area contributed by atoms with Crippen molar-refractivity contribution in [1.82, 2.24) is 0 Å². The molecule has 0 aliphatic heterocycles. The number of hydrogen-bond acceptors (Lipinski definition) is 3. The van der Waals surface area contributed by atoms with Gasteiger partial charge in [-0.05, 0) is 25.0 Å². The van der Waals surface area contributed by atoms with Gasteiger partial charge in [0.05, 0.1) is 7.11 Å². The predicted molar refractivity (Wildman–Crippen MR) is 71.6 cm³/mol. The van der Waals surface area contributed by atoms with Gasteiger partial charge in [0.25, 0.3) is 0 Å². The molecule has 0 saturated heterocycles. The van der Waals surface area contributed by atoms with Crippen molar-refractivity contribution in [1.29, 1.82) is 0 Å². The summed E-state index contributed by atoms with van der Waals surface area (Å²) in [4.78, 5) is 0. The lowest BCUT2D eigenvalue weighted by atomic mass is 9.78. The van der Waals surface area contributed by atoms with Crippen molar-refractivity contribution in [2.75, 3.05) is 13.7 Å². The highest BCUT2D eigenvalue weighted by molar-refractivity contribution is 9.10. The number of ether oxygens (including phenoxy) is 1. The van der Waals surface area contributed by atoms with Crippen molar-refractivity contribution in [3.8, 4) is 11.5 Å². The van der Waals surface area contributed by atoms with Crippen molar-refractivity contribution in [2.45, 2.75) is 31.1 Å². The van der Waals surface area contributed by atoms with Crippen LogP contribution in [0.3, 0.4) is 0 Å². The topological polar surface area (TPSA) is 55.5 Å². The van der Waals surface area contributed by atoms with Crippen molar-refractivity contribution in [2.24, 2.45) is 5.73 Å². The number of phenolic OH excluding ortho intramolecular Hbond substituents is 1. The molecule has 2 rings (SSSR count). The molecule has 0 radical (unpaired) electrons. The molecule has 94 valence electrons. The molecule has 3 nitrogen and oxygen atoms in total. The summed E-state index contributed by atoms with van der Waals surface area (Å²) in [5.41, 5.74) is 6.78. The summed E-state index contributed by atoms with van der Waals surface area (Å²) in [6, 6.07) is 3.74. The Kier molecular flexibility index (Phi) is 3.64. The van der Waals surface area contributed by atoms with Crippen LogP contribution in [0.1, 0.15) is 31.2 Å². The van der Waals surface area contributed by atoms with Crippen molar-refractivity contribution >= 4 is 15.9 Å². The zero-order valence-corrected chi connectivity index (χ0v) is 11.6. The number of hydrogen-bond donors (Lipinski definition) is 2. The lowest BCUT2D eigenvalue weighted by Gasteiger charge is -2.29. The van der Waals surface area contributed by atoms with Gasteiger partial charge in [0.2, 0.25) is 0 Å². The van der Waals surface area contributed by atoms with E-state index >= 15 is 0 Å². The van der Waals surface area contributed by atoms with E-state index in [9.17, 15) is 5.11 Å². The lowest BCUT2D eigenvalue weighted by Crippen LogP contribution is -2.32. The molecule has 0 bridgehead atoms. The monoisotopic (exact) mass is 299 g/mol. The summed E-state index contributed by atoms with van der Waals surface area (Å²) in [5, 5.41) is 10.3. The molecule has 3 N–H and O–H groups in total. The average molecular weight is 300 g/mol. The fraction of sp³-hybridized carbons (Fsp3) is 0.538. The second-order valence-electron chi connectivity index (χ2n) is 4.70. The van der Waals surface area contributed by atoms with Crippen LogP contribution in [-0.2, 0) is 5.41 Å². The summed E-state index contributed by atoms with van der Waals surface area (Å²) in [5.74, 6) is 0.747. The van der Waals surface area contributed by atoms with E-state index in [4.69, 9.17) is 10.5 Å². The van der Waals surface area contributed by atoms with E-state index in [2.05, 4.69) is 15.9 Å². The Morgan fingerprint density at radius 2 is 2.06 bits per heavy atom. The number of methoxy groups -OCH3 is 1. The fourth-order valence-corrected chi connectivity index (χ4v) is 3.21. The number of nitrogens with two attached hydrogens (primary N) is 1. The van der Waals surface area contributed by atoms with Crippen molar-refractivity contribution in [3.05, 3.63) is 22.2 Å². The van der Waals surface area contributed by atoms with Gasteiger partial charge in [0.15, 0.2) is 11.5 Å². The molecule has 0 amide bonds. The number of phenols is 1. The maximum absolute atomic E-state index is 10.3. The number of benzene rings is 1. The van der Waals surface area contributed by atoms with Gasteiger partial charge in [-0.25, -0.2) is 0 Å². The first-order valence-corrected chi connectivity index (χ1v) is 6.69. The Labute approximate surface area is 110 Å². The third-order valence-electron chi connectivity index (χ3n) is 3.78. The van der Waals surface area contributed by atoms with Crippen LogP contribution in [0.2, 0.25) is 0 Å². The van der Waals surface area contributed by atoms with Crippen LogP contribution in [0.5, 0.6) is 11.5 Å². The molecular weight excluding hydrogens is 282 g/mol. The molecule has 0 unspecified atom stereocenters. The molecule has 1 aromatic carbocycles. The Morgan fingerprint density at radius 1 is 1.41 bits per heavy atom. The maximum atomic E-state index is 10.3. The molecule has 0 aromatic heterocycles. The van der Waals surface area contributed by atoms with E-state index in [0.717, 1.165) is 22.9 Å². The number of aromatic hydroxyl groups is 1. The number of rotatable bonds is 3. The molecule has 0 atom stereocenters. The standard InChI is InChI=1S/C13H18BrNO2/c1-17-11-7-9(14)6-10(12(11)16)13(8-15)4-2-3-5-13/h6-7,16H,2-5,8,15H2,1H3. The van der Waals surface area contributed by atoms with E-state index in [0.29, 0.717) is 12.3 Å². The molecule has 1 saturated carbocycles. The van der Waals surface area contributed by atoms with Gasteiger partial charge in [-0.1, -0.05) is 28.8 Å². The third kappa shape index (κ3) is 2.16. The quantitative estimate of drug-likeness (QED) is 0.902. The molecule has 1 aliphatic carbocycles. The average Bonchev–Trinajstić information content (AvgIpc) is 2.81. The van der Waals surface area contributed by atoms with Gasteiger partial charge in [0.1, 0.15) is 0 Å². The summed E-state index contributed by atoms with van der Waals surface area (Å²) in [7, 11) is 1.56. The van der Waals surface area contributed by atoms with E-state index in [1.165, 1.54) is 12.8 Å². The van der Waals surface area contributed by atoms with E-state index in [1.54, 1.807) is 13.2 Å². The van der Waals surface area contributed by atoms with Crippen LogP contribution in [-0.4, -0.2) is 18.8 Å². The largest absolute Gasteiger partial charge is 0.504 e. The fourth-order valence-electron chi connectivity index (χ4n) is 2.77. The van der Waals surface area contributed by atoms with Crippen molar-refractivity contribution in [3.63, 3.8) is 0 Å². The van der Waals surface area contributed by atoms with Crippen LogP contribution < -0.4 is 10.5 Å². The Hall–Kier alpha value is -0.740. The van der Waals surface area contributed by atoms with E-state index < -0.39 is 0 Å². The normalized spacial score (nSPS) is 18.3. The molecule has 1 aromatic rings. The first kappa shape index (κ1) is 12.7. The van der Waals surface area contributed by atoms with Crippen molar-refractivity contribution < 1.29 is 9.84 Å². The van der Waals surface area contributed by atoms with Gasteiger partial charge in [-0.3, -0.25) is 0 Å². The molecule has 17 heavy (non-hydrogen) atoms. The Morgan fingerprint density at radius 3 is 2.59 bits per heavy atom. The second kappa shape index (κ2) is 4.86. The highest BCUT2D eigenvalue weighted by Crippen LogP contribution is 2.47. The van der Waals surface area contributed by atoms with Gasteiger partial charge in [0, 0.05) is 22.0 Å². The van der Waals surface area contributed by atoms with Crippen LogP contribution >= 0.6 is 15.9 Å². The SMILES string of the molecule is COc1cc(Br)cc(C2(CN)CCCC2)c1O. The lowest BCUT2D eigenvalue weighted by molar-refractivity contribution is 0.354.